The Morgan fingerprint density at radius 1 is 0.897 bits per heavy atom. The lowest BCUT2D eigenvalue weighted by atomic mass is 9.63. The van der Waals surface area contributed by atoms with E-state index < -0.39 is 5.41 Å². The molecule has 29 heavy (non-hydrogen) atoms. The number of benzene rings is 2. The second kappa shape index (κ2) is 5.65. The molecule has 1 aromatic heterocycles. The SMILES string of the molecule is Cc1cc2nc3c(nc2cc1C)C1(C(=O)Nc2ccccc2)CCC3(C)C1(C)C. The van der Waals surface area contributed by atoms with Crippen LogP contribution in [-0.2, 0) is 15.6 Å². The number of hydrogen-bond acceptors (Lipinski definition) is 3. The third-order valence-corrected chi connectivity index (χ3v) is 8.07. The van der Waals surface area contributed by atoms with E-state index in [1.165, 1.54) is 11.1 Å². The fraction of sp³-hybridized carbons (Fsp3) is 0.400. The molecule has 2 unspecified atom stereocenters. The maximum absolute atomic E-state index is 13.8. The van der Waals surface area contributed by atoms with Crippen LogP contribution >= 0.6 is 0 Å². The number of nitrogens with one attached hydrogen (secondary N) is 1. The number of carbonyl (C=O) groups excluding carboxylic acids is 1. The molecule has 0 saturated heterocycles. The molecular formula is C25H27N3O. The Balaban J connectivity index is 1.73. The maximum Gasteiger partial charge on any atom is 0.237 e. The highest BCUT2D eigenvalue weighted by Gasteiger charge is 2.73. The predicted octanol–water partition coefficient (Wildman–Crippen LogP) is 5.21. The zero-order valence-corrected chi connectivity index (χ0v) is 17.8. The van der Waals surface area contributed by atoms with Gasteiger partial charge in [0, 0.05) is 11.1 Å². The summed E-state index contributed by atoms with van der Waals surface area (Å²) in [5.41, 5.74) is 5.81. The highest BCUT2D eigenvalue weighted by atomic mass is 16.2. The van der Waals surface area contributed by atoms with E-state index in [-0.39, 0.29) is 16.7 Å². The number of amides is 1. The first kappa shape index (κ1) is 18.3. The zero-order chi connectivity index (χ0) is 20.6. The Morgan fingerprint density at radius 2 is 1.48 bits per heavy atom. The summed E-state index contributed by atoms with van der Waals surface area (Å²) in [6, 6.07) is 13.9. The van der Waals surface area contributed by atoms with Crippen molar-refractivity contribution < 1.29 is 4.79 Å². The number of fused-ring (bicyclic) bond motifs is 6. The lowest BCUT2D eigenvalue weighted by molar-refractivity contribution is -0.125. The van der Waals surface area contributed by atoms with Crippen LogP contribution in [-0.4, -0.2) is 15.9 Å². The molecule has 1 fully saturated rings. The second-order valence-corrected chi connectivity index (χ2v) is 9.53. The Kier molecular flexibility index (Phi) is 3.57. The molecule has 1 heterocycles. The summed E-state index contributed by atoms with van der Waals surface area (Å²) in [7, 11) is 0. The van der Waals surface area contributed by atoms with Crippen molar-refractivity contribution in [2.75, 3.05) is 5.32 Å². The van der Waals surface area contributed by atoms with E-state index >= 15 is 0 Å². The van der Waals surface area contributed by atoms with E-state index in [2.05, 4.69) is 52.1 Å². The van der Waals surface area contributed by atoms with Crippen molar-refractivity contribution in [1.29, 1.82) is 0 Å². The number of para-hydroxylation sites is 1. The van der Waals surface area contributed by atoms with E-state index in [0.717, 1.165) is 41.0 Å². The molecule has 4 nitrogen and oxygen atoms in total. The van der Waals surface area contributed by atoms with Crippen molar-refractivity contribution in [3.63, 3.8) is 0 Å². The van der Waals surface area contributed by atoms with Crippen LogP contribution in [0.25, 0.3) is 11.0 Å². The minimum absolute atomic E-state index is 0.0358. The molecule has 0 aliphatic heterocycles. The van der Waals surface area contributed by atoms with Gasteiger partial charge in [-0.3, -0.25) is 4.79 Å². The van der Waals surface area contributed by atoms with Crippen LogP contribution in [0.4, 0.5) is 5.69 Å². The molecule has 2 aromatic carbocycles. The summed E-state index contributed by atoms with van der Waals surface area (Å²) < 4.78 is 0. The highest BCUT2D eigenvalue weighted by Crippen LogP contribution is 2.70. The summed E-state index contributed by atoms with van der Waals surface area (Å²) in [6.07, 6.45) is 1.74. The van der Waals surface area contributed by atoms with Crippen molar-refractivity contribution in [2.45, 2.75) is 58.3 Å². The third kappa shape index (κ3) is 2.12. The van der Waals surface area contributed by atoms with Crippen molar-refractivity contribution in [1.82, 2.24) is 9.97 Å². The van der Waals surface area contributed by atoms with Crippen molar-refractivity contribution in [3.8, 4) is 0 Å². The molecule has 0 spiro atoms. The zero-order valence-electron chi connectivity index (χ0n) is 17.8. The van der Waals surface area contributed by atoms with Gasteiger partial charge in [0.2, 0.25) is 5.91 Å². The van der Waals surface area contributed by atoms with Gasteiger partial charge in [-0.25, -0.2) is 9.97 Å². The minimum atomic E-state index is -0.674. The average molecular weight is 386 g/mol. The number of hydrogen-bond donors (Lipinski definition) is 1. The first-order chi connectivity index (χ1) is 13.7. The Morgan fingerprint density at radius 3 is 2.10 bits per heavy atom. The molecule has 2 atom stereocenters. The molecule has 2 aliphatic rings. The molecule has 0 radical (unpaired) electrons. The molecule has 3 aromatic rings. The van der Waals surface area contributed by atoms with Crippen LogP contribution < -0.4 is 5.32 Å². The number of carbonyl (C=O) groups is 1. The summed E-state index contributed by atoms with van der Waals surface area (Å²) in [5.74, 6) is 0.0358. The molecule has 4 heteroatoms. The van der Waals surface area contributed by atoms with E-state index in [1.54, 1.807) is 0 Å². The van der Waals surface area contributed by atoms with Gasteiger partial charge in [-0.2, -0.15) is 0 Å². The topological polar surface area (TPSA) is 54.9 Å². The molecule has 2 aliphatic carbocycles. The van der Waals surface area contributed by atoms with Gasteiger partial charge in [0.15, 0.2) is 0 Å². The lowest BCUT2D eigenvalue weighted by Gasteiger charge is -2.39. The van der Waals surface area contributed by atoms with Gasteiger partial charge in [0.25, 0.3) is 0 Å². The van der Waals surface area contributed by atoms with Crippen molar-refractivity contribution in [3.05, 3.63) is 65.0 Å². The van der Waals surface area contributed by atoms with Gasteiger partial charge in [0.1, 0.15) is 0 Å². The quantitative estimate of drug-likeness (QED) is 0.658. The van der Waals surface area contributed by atoms with Gasteiger partial charge in [0.05, 0.1) is 27.8 Å². The van der Waals surface area contributed by atoms with Crippen LogP contribution in [0, 0.1) is 19.3 Å². The normalized spacial score (nSPS) is 26.5. The van der Waals surface area contributed by atoms with Gasteiger partial charge >= 0.3 is 0 Å². The Hall–Kier alpha value is -2.75. The number of aryl methyl sites for hydroxylation is 2. The molecule has 1 N–H and O–H groups in total. The van der Waals surface area contributed by atoms with Crippen LogP contribution in [0.5, 0.6) is 0 Å². The summed E-state index contributed by atoms with van der Waals surface area (Å²) in [4.78, 5) is 24.0. The summed E-state index contributed by atoms with van der Waals surface area (Å²) in [5, 5.41) is 3.18. The fourth-order valence-electron chi connectivity index (χ4n) is 5.62. The smallest absolute Gasteiger partial charge is 0.237 e. The van der Waals surface area contributed by atoms with E-state index in [9.17, 15) is 4.79 Å². The monoisotopic (exact) mass is 385 g/mol. The number of rotatable bonds is 2. The highest BCUT2D eigenvalue weighted by molar-refractivity contribution is 6.02. The van der Waals surface area contributed by atoms with Crippen molar-refractivity contribution >= 4 is 22.6 Å². The lowest BCUT2D eigenvalue weighted by Crippen LogP contribution is -2.48. The maximum atomic E-state index is 13.8. The standard InChI is InChI=1S/C25H27N3O/c1-15-13-18-19(14-16(15)2)28-21-20(27-18)24(5)11-12-25(21,23(24,3)4)22(29)26-17-9-7-6-8-10-17/h6-10,13-14H,11-12H2,1-5H3,(H,26,29). The van der Waals surface area contributed by atoms with Gasteiger partial charge in [-0.05, 0) is 67.5 Å². The van der Waals surface area contributed by atoms with E-state index in [4.69, 9.17) is 9.97 Å². The first-order valence-corrected chi connectivity index (χ1v) is 10.4. The van der Waals surface area contributed by atoms with Gasteiger partial charge < -0.3 is 5.32 Å². The molecule has 5 rings (SSSR count). The molecular weight excluding hydrogens is 358 g/mol. The number of aromatic nitrogens is 2. The molecule has 1 amide bonds. The molecule has 148 valence electrons. The Bertz CT molecular complexity index is 1170. The van der Waals surface area contributed by atoms with E-state index in [1.807, 2.05) is 30.3 Å². The third-order valence-electron chi connectivity index (χ3n) is 8.07. The molecule has 1 saturated carbocycles. The largest absolute Gasteiger partial charge is 0.325 e. The second-order valence-electron chi connectivity index (χ2n) is 9.53. The van der Waals surface area contributed by atoms with Crippen LogP contribution in [0.15, 0.2) is 42.5 Å². The first-order valence-electron chi connectivity index (χ1n) is 10.4. The molecule has 2 bridgehead atoms. The number of anilines is 1. The van der Waals surface area contributed by atoms with Crippen molar-refractivity contribution in [2.24, 2.45) is 5.41 Å². The summed E-state index contributed by atoms with van der Waals surface area (Å²) >= 11 is 0. The predicted molar refractivity (Wildman–Crippen MR) is 116 cm³/mol. The van der Waals surface area contributed by atoms with Crippen LogP contribution in [0.1, 0.15) is 56.1 Å². The van der Waals surface area contributed by atoms with Crippen LogP contribution in [0.2, 0.25) is 0 Å². The van der Waals surface area contributed by atoms with Gasteiger partial charge in [-0.1, -0.05) is 39.0 Å². The number of nitrogens with zero attached hydrogens (tertiary/aromatic N) is 2. The Labute approximate surface area is 171 Å². The summed E-state index contributed by atoms with van der Waals surface area (Å²) in [6.45, 7) is 10.9. The minimum Gasteiger partial charge on any atom is -0.325 e. The van der Waals surface area contributed by atoms with Gasteiger partial charge in [-0.15, -0.1) is 0 Å². The fourth-order valence-corrected chi connectivity index (χ4v) is 5.62. The van der Waals surface area contributed by atoms with Crippen LogP contribution in [0.3, 0.4) is 0 Å². The van der Waals surface area contributed by atoms with E-state index in [0.29, 0.717) is 0 Å². The average Bonchev–Trinajstić information content (AvgIpc) is 2.98.